The topological polar surface area (TPSA) is 62.4 Å². The molecule has 0 aliphatic rings. The van der Waals surface area contributed by atoms with Crippen LogP contribution in [0, 0.1) is 5.82 Å². The molecule has 122 valence electrons. The van der Waals surface area contributed by atoms with E-state index in [-0.39, 0.29) is 17.5 Å². The zero-order chi connectivity index (χ0) is 16.2. The molecule has 1 aromatic carbocycles. The van der Waals surface area contributed by atoms with Gasteiger partial charge in [-0.05, 0) is 36.3 Å². The molecule has 0 saturated carbocycles. The second-order valence-electron chi connectivity index (χ2n) is 4.40. The van der Waals surface area contributed by atoms with Crippen molar-refractivity contribution in [1.29, 1.82) is 0 Å². The highest BCUT2D eigenvalue weighted by molar-refractivity contribution is 7.99. The number of hydrogen-bond acceptors (Lipinski definition) is 4. The fraction of sp³-hybridized carbons (Fsp3) is 0.429. The summed E-state index contributed by atoms with van der Waals surface area (Å²) in [5.41, 5.74) is 5.97. The molecule has 22 heavy (non-hydrogen) atoms. The largest absolute Gasteiger partial charge is 0.385 e. The van der Waals surface area contributed by atoms with E-state index in [1.54, 1.807) is 13.2 Å². The minimum Gasteiger partial charge on any atom is -0.385 e. The molecule has 0 aliphatic heterocycles. The second kappa shape index (κ2) is 11.2. The van der Waals surface area contributed by atoms with Crippen LogP contribution in [0.3, 0.4) is 0 Å². The Balaban J connectivity index is 2.09. The lowest BCUT2D eigenvalue weighted by atomic mass is 10.2. The van der Waals surface area contributed by atoms with Gasteiger partial charge in [0.2, 0.25) is 5.91 Å². The van der Waals surface area contributed by atoms with Crippen molar-refractivity contribution >= 4 is 35.0 Å². The van der Waals surface area contributed by atoms with Gasteiger partial charge in [0.15, 0.2) is 5.11 Å². The first-order chi connectivity index (χ1) is 10.6. The number of thioether (sulfide) groups is 1. The molecule has 0 radical (unpaired) electrons. The van der Waals surface area contributed by atoms with Crippen LogP contribution in [0.5, 0.6) is 0 Å². The number of thiocarbonyl (C=S) groups is 1. The van der Waals surface area contributed by atoms with Crippen molar-refractivity contribution in [3.63, 3.8) is 0 Å². The maximum absolute atomic E-state index is 13.0. The van der Waals surface area contributed by atoms with Crippen LogP contribution < -0.4 is 16.2 Å². The van der Waals surface area contributed by atoms with E-state index in [0.717, 1.165) is 12.0 Å². The lowest BCUT2D eigenvalue weighted by Crippen LogP contribution is -2.47. The Morgan fingerprint density at radius 3 is 2.95 bits per heavy atom. The summed E-state index contributed by atoms with van der Waals surface area (Å²) in [5.74, 6) is 0.373. The van der Waals surface area contributed by atoms with Crippen LogP contribution in [0.15, 0.2) is 24.3 Å². The SMILES string of the molecule is COCCCNC(=S)NNC(=O)CSCc1cccc(F)c1. The quantitative estimate of drug-likeness (QED) is 0.378. The lowest BCUT2D eigenvalue weighted by Gasteiger charge is -2.11. The normalized spacial score (nSPS) is 10.1. The molecule has 0 atom stereocenters. The maximum atomic E-state index is 13.0. The summed E-state index contributed by atoms with van der Waals surface area (Å²) in [5, 5.41) is 3.30. The molecule has 0 aliphatic carbocycles. The number of amides is 1. The van der Waals surface area contributed by atoms with Crippen molar-refractivity contribution in [2.45, 2.75) is 12.2 Å². The van der Waals surface area contributed by atoms with Gasteiger partial charge in [0.05, 0.1) is 5.75 Å². The molecule has 0 saturated heterocycles. The second-order valence-corrected chi connectivity index (χ2v) is 5.79. The number of methoxy groups -OCH3 is 1. The standard InChI is InChI=1S/C14H20FN3O2S2/c1-20-7-3-6-16-14(21)18-17-13(19)10-22-9-11-4-2-5-12(15)8-11/h2,4-5,8H,3,6-7,9-10H2,1H3,(H,17,19)(H2,16,18,21). The first kappa shape index (κ1) is 18.7. The monoisotopic (exact) mass is 345 g/mol. The van der Waals surface area contributed by atoms with Crippen LogP contribution in [-0.4, -0.2) is 37.0 Å². The van der Waals surface area contributed by atoms with Gasteiger partial charge in [-0.2, -0.15) is 0 Å². The predicted molar refractivity (Wildman–Crippen MR) is 90.9 cm³/mol. The van der Waals surface area contributed by atoms with Crippen molar-refractivity contribution in [2.75, 3.05) is 26.0 Å². The molecule has 0 bridgehead atoms. The fourth-order valence-electron chi connectivity index (χ4n) is 1.51. The van der Waals surface area contributed by atoms with Crippen LogP contribution in [-0.2, 0) is 15.3 Å². The first-order valence-corrected chi connectivity index (χ1v) is 8.32. The smallest absolute Gasteiger partial charge is 0.248 e. The lowest BCUT2D eigenvalue weighted by molar-refractivity contribution is -0.119. The molecule has 5 nitrogen and oxygen atoms in total. The van der Waals surface area contributed by atoms with Crippen LogP contribution in [0.25, 0.3) is 0 Å². The van der Waals surface area contributed by atoms with E-state index in [2.05, 4.69) is 16.2 Å². The molecular formula is C14H20FN3O2S2. The highest BCUT2D eigenvalue weighted by Crippen LogP contribution is 2.12. The number of hydrazine groups is 1. The number of carbonyl (C=O) groups is 1. The van der Waals surface area contributed by atoms with E-state index < -0.39 is 0 Å². The number of hydrogen-bond donors (Lipinski definition) is 3. The van der Waals surface area contributed by atoms with Gasteiger partial charge in [0.25, 0.3) is 0 Å². The van der Waals surface area contributed by atoms with E-state index in [9.17, 15) is 9.18 Å². The third-order valence-corrected chi connectivity index (χ3v) is 3.77. The summed E-state index contributed by atoms with van der Waals surface area (Å²) in [6, 6.07) is 6.33. The zero-order valence-corrected chi connectivity index (χ0v) is 14.0. The molecule has 8 heteroatoms. The summed E-state index contributed by atoms with van der Waals surface area (Å²) in [6.07, 6.45) is 0.829. The minimum absolute atomic E-state index is 0.192. The first-order valence-electron chi connectivity index (χ1n) is 6.75. The third kappa shape index (κ3) is 8.81. The fourth-order valence-corrected chi connectivity index (χ4v) is 2.44. The molecule has 0 aromatic heterocycles. The Morgan fingerprint density at radius 2 is 2.23 bits per heavy atom. The van der Waals surface area contributed by atoms with Crippen molar-refractivity contribution in [3.8, 4) is 0 Å². The molecule has 0 unspecified atom stereocenters. The average molecular weight is 345 g/mol. The minimum atomic E-state index is -0.269. The van der Waals surface area contributed by atoms with Crippen LogP contribution in [0.4, 0.5) is 4.39 Å². The Kier molecular flexibility index (Phi) is 9.52. The molecule has 1 rings (SSSR count). The van der Waals surface area contributed by atoms with Gasteiger partial charge in [-0.15, -0.1) is 11.8 Å². The zero-order valence-electron chi connectivity index (χ0n) is 12.4. The van der Waals surface area contributed by atoms with Crippen molar-refractivity contribution < 1.29 is 13.9 Å². The van der Waals surface area contributed by atoms with E-state index >= 15 is 0 Å². The number of halogens is 1. The van der Waals surface area contributed by atoms with E-state index in [4.69, 9.17) is 17.0 Å². The summed E-state index contributed by atoms with van der Waals surface area (Å²) in [6.45, 7) is 1.32. The van der Waals surface area contributed by atoms with Gasteiger partial charge in [-0.25, -0.2) is 4.39 Å². The third-order valence-electron chi connectivity index (χ3n) is 2.52. The Bertz CT molecular complexity index is 489. The van der Waals surface area contributed by atoms with Crippen molar-refractivity contribution in [3.05, 3.63) is 35.6 Å². The average Bonchev–Trinajstić information content (AvgIpc) is 2.50. The number of benzene rings is 1. The highest BCUT2D eigenvalue weighted by atomic mass is 32.2. The van der Waals surface area contributed by atoms with E-state index in [1.165, 1.54) is 23.9 Å². The summed E-state index contributed by atoms with van der Waals surface area (Å²) in [7, 11) is 1.64. The van der Waals surface area contributed by atoms with Crippen LogP contribution in [0.1, 0.15) is 12.0 Å². The van der Waals surface area contributed by atoms with Crippen LogP contribution >= 0.6 is 24.0 Å². The number of carbonyl (C=O) groups excluding carboxylic acids is 1. The van der Waals surface area contributed by atoms with Crippen molar-refractivity contribution in [1.82, 2.24) is 16.2 Å². The van der Waals surface area contributed by atoms with Crippen LogP contribution in [0.2, 0.25) is 0 Å². The van der Waals surface area contributed by atoms with Gasteiger partial charge in [-0.1, -0.05) is 12.1 Å². The molecule has 0 heterocycles. The van der Waals surface area contributed by atoms with E-state index in [1.807, 2.05) is 6.07 Å². The summed E-state index contributed by atoms with van der Waals surface area (Å²) in [4.78, 5) is 11.6. The number of ether oxygens (including phenoxy) is 1. The molecule has 1 amide bonds. The Morgan fingerprint density at radius 1 is 1.41 bits per heavy atom. The van der Waals surface area contributed by atoms with Gasteiger partial charge in [0.1, 0.15) is 5.82 Å². The Hall–Kier alpha value is -1.38. The molecule has 0 fully saturated rings. The summed E-state index contributed by atoms with van der Waals surface area (Å²) < 4.78 is 17.9. The molecule has 3 N–H and O–H groups in total. The molecular weight excluding hydrogens is 325 g/mol. The predicted octanol–water partition coefficient (Wildman–Crippen LogP) is 1.59. The van der Waals surface area contributed by atoms with Gasteiger partial charge in [-0.3, -0.25) is 15.6 Å². The Labute approximate surface area is 139 Å². The van der Waals surface area contributed by atoms with Gasteiger partial charge < -0.3 is 10.1 Å². The molecule has 1 aromatic rings. The van der Waals surface area contributed by atoms with Crippen molar-refractivity contribution in [2.24, 2.45) is 0 Å². The maximum Gasteiger partial charge on any atom is 0.248 e. The van der Waals surface area contributed by atoms with Gasteiger partial charge >= 0.3 is 0 Å². The molecule has 0 spiro atoms. The number of rotatable bonds is 8. The van der Waals surface area contributed by atoms with Gasteiger partial charge in [0, 0.05) is 26.0 Å². The van der Waals surface area contributed by atoms with E-state index in [0.29, 0.717) is 24.0 Å². The number of nitrogens with one attached hydrogen (secondary N) is 3. The summed E-state index contributed by atoms with van der Waals surface area (Å²) >= 11 is 6.40. The highest BCUT2D eigenvalue weighted by Gasteiger charge is 2.03.